The maximum Gasteiger partial charge on any atom is 0.274 e. The van der Waals surface area contributed by atoms with Crippen LogP contribution >= 0.6 is 0 Å². The number of hydrogen-bond acceptors (Lipinski definition) is 3. The van der Waals surface area contributed by atoms with Crippen LogP contribution in [0.1, 0.15) is 60.9 Å². The van der Waals surface area contributed by atoms with Crippen molar-refractivity contribution in [2.45, 2.75) is 51.5 Å². The van der Waals surface area contributed by atoms with E-state index in [1.54, 1.807) is 17.6 Å². The lowest BCUT2D eigenvalue weighted by Crippen LogP contribution is -2.56. The van der Waals surface area contributed by atoms with E-state index in [-0.39, 0.29) is 11.4 Å². The second-order valence-electron chi connectivity index (χ2n) is 9.56. The van der Waals surface area contributed by atoms with Crippen molar-refractivity contribution in [3.63, 3.8) is 0 Å². The van der Waals surface area contributed by atoms with Crippen LogP contribution in [0, 0.1) is 34.9 Å². The Morgan fingerprint density at radius 1 is 1.11 bits per heavy atom. The van der Waals surface area contributed by atoms with Gasteiger partial charge in [0, 0.05) is 17.7 Å². The molecule has 0 atom stereocenters. The molecule has 5 aliphatic rings. The molecule has 2 N–H and O–H groups in total. The van der Waals surface area contributed by atoms with Crippen LogP contribution in [0.15, 0.2) is 18.2 Å². The molecule has 4 saturated carbocycles. The van der Waals surface area contributed by atoms with Gasteiger partial charge in [-0.25, -0.2) is 9.87 Å². The SMILES string of the molecule is O=C(NO)c1ccc(CN2CCC3(CC2)C2CC4CC(C2)CC3C4)c(F)c1. The van der Waals surface area contributed by atoms with Gasteiger partial charge in [0.2, 0.25) is 0 Å². The van der Waals surface area contributed by atoms with Crippen molar-refractivity contribution < 1.29 is 14.4 Å². The van der Waals surface area contributed by atoms with Crippen LogP contribution < -0.4 is 5.48 Å². The fourth-order valence-corrected chi connectivity index (χ4v) is 7.19. The first-order chi connectivity index (χ1) is 13.1. The van der Waals surface area contributed by atoms with Gasteiger partial charge in [-0.1, -0.05) is 6.07 Å². The van der Waals surface area contributed by atoms with E-state index < -0.39 is 5.91 Å². The van der Waals surface area contributed by atoms with Crippen molar-refractivity contribution in [2.24, 2.45) is 29.1 Å². The van der Waals surface area contributed by atoms with E-state index in [0.29, 0.717) is 17.5 Å². The molecule has 146 valence electrons. The van der Waals surface area contributed by atoms with Gasteiger partial charge in [0.1, 0.15) is 5.82 Å². The lowest BCUT2D eigenvalue weighted by atomic mass is 9.43. The van der Waals surface area contributed by atoms with Gasteiger partial charge < -0.3 is 0 Å². The molecule has 1 saturated heterocycles. The lowest BCUT2D eigenvalue weighted by molar-refractivity contribution is -0.136. The van der Waals surface area contributed by atoms with E-state index in [4.69, 9.17) is 5.21 Å². The average Bonchev–Trinajstić information content (AvgIpc) is 2.67. The summed E-state index contributed by atoms with van der Waals surface area (Å²) >= 11 is 0. The molecule has 4 aliphatic carbocycles. The van der Waals surface area contributed by atoms with Crippen LogP contribution in [0.4, 0.5) is 4.39 Å². The molecule has 0 radical (unpaired) electrons. The van der Waals surface area contributed by atoms with Crippen LogP contribution in [0.25, 0.3) is 0 Å². The summed E-state index contributed by atoms with van der Waals surface area (Å²) in [6, 6.07) is 4.46. The van der Waals surface area contributed by atoms with Gasteiger partial charge >= 0.3 is 0 Å². The van der Waals surface area contributed by atoms with Gasteiger partial charge in [-0.3, -0.25) is 14.9 Å². The molecule has 5 heteroatoms. The smallest absolute Gasteiger partial charge is 0.274 e. The normalized spacial score (nSPS) is 34.1. The van der Waals surface area contributed by atoms with Crippen molar-refractivity contribution in [1.82, 2.24) is 10.4 Å². The van der Waals surface area contributed by atoms with E-state index in [9.17, 15) is 9.18 Å². The summed E-state index contributed by atoms with van der Waals surface area (Å²) in [5.41, 5.74) is 2.90. The maximum absolute atomic E-state index is 14.4. The summed E-state index contributed by atoms with van der Waals surface area (Å²) in [6.45, 7) is 2.71. The first kappa shape index (κ1) is 17.6. The number of carbonyl (C=O) groups excluding carboxylic acids is 1. The monoisotopic (exact) mass is 372 g/mol. The quantitative estimate of drug-likeness (QED) is 0.623. The molecule has 27 heavy (non-hydrogen) atoms. The summed E-state index contributed by atoms with van der Waals surface area (Å²) < 4.78 is 14.4. The molecule has 1 aromatic rings. The molecule has 0 aromatic heterocycles. The standard InChI is InChI=1S/C22H29FN2O2/c23-20-12-16(21(26)24-27)1-2-17(20)13-25-5-3-22(4-6-25)18-8-14-7-15(10-18)11-19(22)9-14/h1-2,12,14-15,18-19,27H,3-11,13H2,(H,24,26). The molecule has 0 unspecified atom stereocenters. The number of nitrogens with one attached hydrogen (secondary N) is 1. The molecule has 1 spiro atoms. The highest BCUT2D eigenvalue weighted by molar-refractivity contribution is 5.93. The van der Waals surface area contributed by atoms with Gasteiger partial charge in [-0.2, -0.15) is 0 Å². The Kier molecular flexibility index (Phi) is 4.28. The molecular weight excluding hydrogens is 343 g/mol. The van der Waals surface area contributed by atoms with Crippen molar-refractivity contribution in [2.75, 3.05) is 13.1 Å². The van der Waals surface area contributed by atoms with E-state index >= 15 is 0 Å². The van der Waals surface area contributed by atoms with Gasteiger partial charge in [0.25, 0.3) is 5.91 Å². The highest BCUT2D eigenvalue weighted by atomic mass is 19.1. The molecule has 5 fully saturated rings. The first-order valence-corrected chi connectivity index (χ1v) is 10.5. The van der Waals surface area contributed by atoms with Crippen molar-refractivity contribution >= 4 is 5.91 Å². The lowest BCUT2D eigenvalue weighted by Gasteiger charge is -2.63. The molecular formula is C22H29FN2O2. The number of benzene rings is 1. The molecule has 1 heterocycles. The second kappa shape index (κ2) is 6.56. The molecule has 1 amide bonds. The third-order valence-electron chi connectivity index (χ3n) is 8.36. The Bertz CT molecular complexity index is 712. The zero-order chi connectivity index (χ0) is 18.6. The maximum atomic E-state index is 14.4. The molecule has 4 bridgehead atoms. The first-order valence-electron chi connectivity index (χ1n) is 10.5. The topological polar surface area (TPSA) is 52.6 Å². The van der Waals surface area contributed by atoms with Gasteiger partial charge in [0.05, 0.1) is 0 Å². The highest BCUT2D eigenvalue weighted by Gasteiger charge is 2.57. The number of rotatable bonds is 3. The summed E-state index contributed by atoms with van der Waals surface area (Å²) in [7, 11) is 0. The summed E-state index contributed by atoms with van der Waals surface area (Å²) in [6.07, 6.45) is 9.92. The highest BCUT2D eigenvalue weighted by Crippen LogP contribution is 2.65. The van der Waals surface area contributed by atoms with Crippen molar-refractivity contribution in [3.8, 4) is 0 Å². The molecule has 6 rings (SSSR count). The molecule has 1 aromatic carbocycles. The Balaban J connectivity index is 1.25. The average molecular weight is 372 g/mol. The van der Waals surface area contributed by atoms with Crippen molar-refractivity contribution in [1.29, 1.82) is 0 Å². The van der Waals surface area contributed by atoms with Gasteiger partial charge in [0.15, 0.2) is 0 Å². The number of amides is 1. The molecule has 4 nitrogen and oxygen atoms in total. The third-order valence-corrected chi connectivity index (χ3v) is 8.36. The van der Waals surface area contributed by atoms with Crippen LogP contribution in [0.5, 0.6) is 0 Å². The number of halogens is 1. The predicted octanol–water partition coefficient (Wildman–Crippen LogP) is 3.98. The van der Waals surface area contributed by atoms with Crippen LogP contribution in [-0.4, -0.2) is 29.1 Å². The predicted molar refractivity (Wildman–Crippen MR) is 99.6 cm³/mol. The Hall–Kier alpha value is -1.46. The van der Waals surface area contributed by atoms with E-state index in [1.807, 2.05) is 0 Å². The zero-order valence-corrected chi connectivity index (χ0v) is 15.8. The van der Waals surface area contributed by atoms with Crippen LogP contribution in [-0.2, 0) is 6.54 Å². The fourth-order valence-electron chi connectivity index (χ4n) is 7.19. The van der Waals surface area contributed by atoms with E-state index in [0.717, 1.165) is 36.8 Å². The number of hydroxylamine groups is 1. The minimum atomic E-state index is -0.678. The van der Waals surface area contributed by atoms with Gasteiger partial charge in [-0.05, 0) is 99.3 Å². The summed E-state index contributed by atoms with van der Waals surface area (Å²) in [5, 5.41) is 8.69. The third kappa shape index (κ3) is 2.90. The van der Waals surface area contributed by atoms with E-state index in [2.05, 4.69) is 4.90 Å². The minimum Gasteiger partial charge on any atom is -0.299 e. The van der Waals surface area contributed by atoms with Crippen LogP contribution in [0.3, 0.4) is 0 Å². The Morgan fingerprint density at radius 3 is 2.30 bits per heavy atom. The Morgan fingerprint density at radius 2 is 1.74 bits per heavy atom. The zero-order valence-electron chi connectivity index (χ0n) is 15.8. The van der Waals surface area contributed by atoms with Crippen LogP contribution in [0.2, 0.25) is 0 Å². The number of hydrogen-bond donors (Lipinski definition) is 2. The fraction of sp³-hybridized carbons (Fsp3) is 0.682. The number of carbonyl (C=O) groups is 1. The van der Waals surface area contributed by atoms with E-state index in [1.165, 1.54) is 51.0 Å². The number of likely N-dealkylation sites (tertiary alicyclic amines) is 1. The minimum absolute atomic E-state index is 0.143. The molecule has 1 aliphatic heterocycles. The van der Waals surface area contributed by atoms with Gasteiger partial charge in [-0.15, -0.1) is 0 Å². The Labute approximate surface area is 160 Å². The second-order valence-corrected chi connectivity index (χ2v) is 9.56. The summed E-state index contributed by atoms with van der Waals surface area (Å²) in [5.74, 6) is 2.88. The largest absolute Gasteiger partial charge is 0.299 e. The number of nitrogens with zero attached hydrogens (tertiary/aromatic N) is 1. The number of piperidine rings is 1. The summed E-state index contributed by atoms with van der Waals surface area (Å²) in [4.78, 5) is 13.8. The van der Waals surface area contributed by atoms with Crippen molar-refractivity contribution in [3.05, 3.63) is 35.1 Å².